The first-order valence-electron chi connectivity index (χ1n) is 9.64. The molecule has 1 aliphatic rings. The van der Waals surface area contributed by atoms with Gasteiger partial charge in [0, 0.05) is 6.54 Å². The molecule has 0 aliphatic heterocycles. The maximum Gasteiger partial charge on any atom is 0.261 e. The van der Waals surface area contributed by atoms with E-state index >= 15 is 0 Å². The highest BCUT2D eigenvalue weighted by atomic mass is 16.5. The summed E-state index contributed by atoms with van der Waals surface area (Å²) in [6.45, 7) is 5.27. The lowest BCUT2D eigenvalue weighted by molar-refractivity contribution is -0.128. The molecule has 1 atom stereocenters. The third-order valence-corrected chi connectivity index (χ3v) is 4.84. The molecule has 0 saturated carbocycles. The van der Waals surface area contributed by atoms with E-state index in [9.17, 15) is 4.79 Å². The highest BCUT2D eigenvalue weighted by molar-refractivity contribution is 5.81. The highest BCUT2D eigenvalue weighted by Gasteiger charge is 2.20. The Morgan fingerprint density at radius 2 is 2.08 bits per heavy atom. The zero-order valence-electron chi connectivity index (χ0n) is 15.7. The normalized spacial score (nSPS) is 14.5. The summed E-state index contributed by atoms with van der Waals surface area (Å²) in [6, 6.07) is 6.22. The number of aryl methyl sites for hydroxylation is 3. The van der Waals surface area contributed by atoms with Crippen LogP contribution in [0.3, 0.4) is 0 Å². The fraction of sp³-hybridized carbons (Fsp3) is 0.550. The summed E-state index contributed by atoms with van der Waals surface area (Å²) >= 11 is 0. The Morgan fingerprint density at radius 1 is 1.27 bits per heavy atom. The van der Waals surface area contributed by atoms with Gasteiger partial charge in [0.2, 0.25) is 0 Å². The van der Waals surface area contributed by atoms with Gasteiger partial charge in [-0.15, -0.1) is 10.2 Å². The molecule has 0 bridgehead atoms. The molecule has 3 rings (SSSR count). The van der Waals surface area contributed by atoms with Gasteiger partial charge in [0.25, 0.3) is 5.91 Å². The minimum atomic E-state index is -0.501. The van der Waals surface area contributed by atoms with Gasteiger partial charge in [-0.25, -0.2) is 0 Å². The van der Waals surface area contributed by atoms with E-state index in [1.165, 1.54) is 24.0 Å². The largest absolute Gasteiger partial charge is 0.481 e. The molecular formula is C20H28N4O2. The molecule has 6 heteroatoms. The van der Waals surface area contributed by atoms with Crippen molar-refractivity contribution in [2.75, 3.05) is 0 Å². The van der Waals surface area contributed by atoms with Gasteiger partial charge < -0.3 is 14.6 Å². The standard InChI is InChI=1S/C20H28N4O2/c1-3-11-24-14-22-23-19(24)13-21-20(25)18(4-2)26-17-10-9-15-7-5-6-8-16(15)12-17/h9-10,12,14,18H,3-8,11,13H2,1-2H3,(H,21,25). The van der Waals surface area contributed by atoms with E-state index in [0.717, 1.165) is 37.4 Å². The number of aromatic nitrogens is 3. The van der Waals surface area contributed by atoms with Crippen molar-refractivity contribution in [3.8, 4) is 5.75 Å². The molecule has 1 heterocycles. The molecule has 1 aromatic carbocycles. The quantitative estimate of drug-likeness (QED) is 0.789. The summed E-state index contributed by atoms with van der Waals surface area (Å²) < 4.78 is 7.95. The predicted octanol–water partition coefficient (Wildman–Crippen LogP) is 3.04. The monoisotopic (exact) mass is 356 g/mol. The lowest BCUT2D eigenvalue weighted by Crippen LogP contribution is -2.38. The van der Waals surface area contributed by atoms with Crippen molar-refractivity contribution < 1.29 is 9.53 Å². The smallest absolute Gasteiger partial charge is 0.261 e. The Morgan fingerprint density at radius 3 is 2.85 bits per heavy atom. The van der Waals surface area contributed by atoms with Crippen molar-refractivity contribution in [1.29, 1.82) is 0 Å². The summed E-state index contributed by atoms with van der Waals surface area (Å²) in [4.78, 5) is 12.5. The molecule has 2 aromatic rings. The maximum atomic E-state index is 12.5. The van der Waals surface area contributed by atoms with Gasteiger partial charge in [-0.05, 0) is 61.8 Å². The minimum Gasteiger partial charge on any atom is -0.481 e. The molecule has 26 heavy (non-hydrogen) atoms. The fourth-order valence-electron chi connectivity index (χ4n) is 3.39. The Hall–Kier alpha value is -2.37. The van der Waals surface area contributed by atoms with Gasteiger partial charge in [0.05, 0.1) is 6.54 Å². The number of benzene rings is 1. The molecule has 1 aromatic heterocycles. The number of carbonyl (C=O) groups excluding carboxylic acids is 1. The first-order valence-corrected chi connectivity index (χ1v) is 9.64. The van der Waals surface area contributed by atoms with Crippen LogP contribution >= 0.6 is 0 Å². The first-order chi connectivity index (χ1) is 12.7. The van der Waals surface area contributed by atoms with E-state index in [1.807, 2.05) is 17.6 Å². The number of ether oxygens (including phenoxy) is 1. The van der Waals surface area contributed by atoms with Crippen molar-refractivity contribution in [3.05, 3.63) is 41.5 Å². The van der Waals surface area contributed by atoms with Crippen molar-refractivity contribution >= 4 is 5.91 Å². The molecule has 140 valence electrons. The van der Waals surface area contributed by atoms with Crippen molar-refractivity contribution in [2.24, 2.45) is 0 Å². The lowest BCUT2D eigenvalue weighted by Gasteiger charge is -2.20. The third kappa shape index (κ3) is 4.42. The van der Waals surface area contributed by atoms with Crippen LogP contribution in [0.15, 0.2) is 24.5 Å². The van der Waals surface area contributed by atoms with Crippen LogP contribution in [0.25, 0.3) is 0 Å². The third-order valence-electron chi connectivity index (χ3n) is 4.84. The minimum absolute atomic E-state index is 0.115. The number of amides is 1. The van der Waals surface area contributed by atoms with Crippen LogP contribution in [0.4, 0.5) is 0 Å². The van der Waals surface area contributed by atoms with Crippen LogP contribution in [0.2, 0.25) is 0 Å². The number of hydrogen-bond acceptors (Lipinski definition) is 4. The van der Waals surface area contributed by atoms with Gasteiger partial charge in [-0.3, -0.25) is 4.79 Å². The van der Waals surface area contributed by atoms with Crippen molar-refractivity contribution in [3.63, 3.8) is 0 Å². The van der Waals surface area contributed by atoms with E-state index in [2.05, 4.69) is 34.6 Å². The Labute approximate surface area is 155 Å². The molecule has 1 unspecified atom stereocenters. The second-order valence-corrected chi connectivity index (χ2v) is 6.81. The van der Waals surface area contributed by atoms with E-state index in [4.69, 9.17) is 4.74 Å². The van der Waals surface area contributed by atoms with Gasteiger partial charge in [0.1, 0.15) is 12.1 Å². The van der Waals surface area contributed by atoms with E-state index in [-0.39, 0.29) is 5.91 Å². The fourth-order valence-corrected chi connectivity index (χ4v) is 3.39. The van der Waals surface area contributed by atoms with E-state index in [0.29, 0.717) is 13.0 Å². The van der Waals surface area contributed by atoms with Crippen LogP contribution in [0.1, 0.15) is 56.5 Å². The highest BCUT2D eigenvalue weighted by Crippen LogP contribution is 2.26. The zero-order valence-corrected chi connectivity index (χ0v) is 15.7. The van der Waals surface area contributed by atoms with Crippen molar-refractivity contribution in [1.82, 2.24) is 20.1 Å². The number of fused-ring (bicyclic) bond motifs is 1. The number of nitrogens with one attached hydrogen (secondary N) is 1. The van der Waals surface area contributed by atoms with Gasteiger partial charge in [-0.1, -0.05) is 19.9 Å². The van der Waals surface area contributed by atoms with Gasteiger partial charge in [-0.2, -0.15) is 0 Å². The van der Waals surface area contributed by atoms with E-state index in [1.54, 1.807) is 6.33 Å². The zero-order chi connectivity index (χ0) is 18.4. The molecule has 1 amide bonds. The molecule has 1 aliphatic carbocycles. The average molecular weight is 356 g/mol. The lowest BCUT2D eigenvalue weighted by atomic mass is 9.92. The number of carbonyl (C=O) groups is 1. The molecule has 6 nitrogen and oxygen atoms in total. The summed E-state index contributed by atoms with van der Waals surface area (Å²) in [5.74, 6) is 1.43. The summed E-state index contributed by atoms with van der Waals surface area (Å²) in [6.07, 6.45) is 7.55. The van der Waals surface area contributed by atoms with Gasteiger partial charge >= 0.3 is 0 Å². The first kappa shape index (κ1) is 18.4. The Balaban J connectivity index is 1.59. The topological polar surface area (TPSA) is 69.0 Å². The number of hydrogen-bond donors (Lipinski definition) is 1. The summed E-state index contributed by atoms with van der Waals surface area (Å²) in [7, 11) is 0. The van der Waals surface area contributed by atoms with Crippen LogP contribution in [-0.4, -0.2) is 26.8 Å². The Bertz CT molecular complexity index is 741. The molecule has 0 fully saturated rings. The molecule has 1 N–H and O–H groups in total. The van der Waals surface area contributed by atoms with Crippen LogP contribution in [-0.2, 0) is 30.7 Å². The molecular weight excluding hydrogens is 328 g/mol. The van der Waals surface area contributed by atoms with Crippen LogP contribution in [0, 0.1) is 0 Å². The molecule has 0 radical (unpaired) electrons. The van der Waals surface area contributed by atoms with Crippen molar-refractivity contribution in [2.45, 2.75) is 71.6 Å². The molecule has 0 saturated heterocycles. The second-order valence-electron chi connectivity index (χ2n) is 6.81. The van der Waals surface area contributed by atoms with Crippen LogP contribution in [0.5, 0.6) is 5.75 Å². The second kappa shape index (κ2) is 8.83. The maximum absolute atomic E-state index is 12.5. The SMILES string of the molecule is CCCn1cnnc1CNC(=O)C(CC)Oc1ccc2c(c1)CCCC2. The summed E-state index contributed by atoms with van der Waals surface area (Å²) in [5, 5.41) is 10.9. The molecule has 0 spiro atoms. The average Bonchev–Trinajstić information content (AvgIpc) is 3.11. The summed E-state index contributed by atoms with van der Waals surface area (Å²) in [5.41, 5.74) is 2.77. The van der Waals surface area contributed by atoms with Crippen LogP contribution < -0.4 is 10.1 Å². The Kier molecular flexibility index (Phi) is 6.26. The number of rotatable bonds is 8. The predicted molar refractivity (Wildman–Crippen MR) is 100.0 cm³/mol. The van der Waals surface area contributed by atoms with E-state index < -0.39 is 6.10 Å². The number of nitrogens with zero attached hydrogens (tertiary/aromatic N) is 3. The van der Waals surface area contributed by atoms with Gasteiger partial charge in [0.15, 0.2) is 11.9 Å².